The number of hydrogen-bond acceptors (Lipinski definition) is 0. The number of aryl methyl sites for hydroxylation is 2. The molecular formula is C26H26F2. The summed E-state index contributed by atoms with van der Waals surface area (Å²) < 4.78 is 29.2. The maximum absolute atomic E-state index is 14.7. The Bertz CT molecular complexity index is 995. The minimum Gasteiger partial charge on any atom is -0.203 e. The summed E-state index contributed by atoms with van der Waals surface area (Å²) in [5, 5.41) is 1.07. The molecule has 28 heavy (non-hydrogen) atoms. The quantitative estimate of drug-likeness (QED) is 0.369. The van der Waals surface area contributed by atoms with Gasteiger partial charge >= 0.3 is 0 Å². The molecule has 3 aromatic carbocycles. The molecule has 0 aliphatic rings. The Labute approximate surface area is 166 Å². The van der Waals surface area contributed by atoms with Crippen molar-refractivity contribution in [3.05, 3.63) is 95.6 Å². The van der Waals surface area contributed by atoms with Crippen molar-refractivity contribution in [1.82, 2.24) is 0 Å². The van der Waals surface area contributed by atoms with Gasteiger partial charge in [0, 0.05) is 5.39 Å². The SMILES string of the molecule is C/C=C/CCc1ccc(-c2ccc3cc(CC/C=C/C)c(F)c(F)c3c2)cc1. The van der Waals surface area contributed by atoms with Gasteiger partial charge in [0.05, 0.1) is 0 Å². The lowest BCUT2D eigenvalue weighted by molar-refractivity contribution is 0.507. The van der Waals surface area contributed by atoms with E-state index < -0.39 is 11.6 Å². The number of rotatable bonds is 7. The van der Waals surface area contributed by atoms with E-state index in [1.807, 2.05) is 50.3 Å². The first-order valence-electron chi connectivity index (χ1n) is 9.86. The second kappa shape index (κ2) is 9.45. The molecule has 3 rings (SSSR count). The molecule has 0 aliphatic heterocycles. The van der Waals surface area contributed by atoms with Crippen LogP contribution in [0.3, 0.4) is 0 Å². The summed E-state index contributed by atoms with van der Waals surface area (Å²) in [6.07, 6.45) is 11.3. The highest BCUT2D eigenvalue weighted by Crippen LogP contribution is 2.30. The van der Waals surface area contributed by atoms with E-state index in [0.29, 0.717) is 23.8 Å². The molecule has 0 fully saturated rings. The van der Waals surface area contributed by atoms with Gasteiger partial charge in [-0.1, -0.05) is 60.7 Å². The van der Waals surface area contributed by atoms with Gasteiger partial charge in [0.25, 0.3) is 0 Å². The molecule has 2 heteroatoms. The van der Waals surface area contributed by atoms with Crippen molar-refractivity contribution >= 4 is 10.8 Å². The molecule has 0 N–H and O–H groups in total. The highest BCUT2D eigenvalue weighted by molar-refractivity contribution is 5.88. The summed E-state index contributed by atoms with van der Waals surface area (Å²) in [4.78, 5) is 0. The van der Waals surface area contributed by atoms with Crippen LogP contribution in [-0.4, -0.2) is 0 Å². The Balaban J connectivity index is 1.89. The average Bonchev–Trinajstić information content (AvgIpc) is 2.72. The van der Waals surface area contributed by atoms with Crippen molar-refractivity contribution in [3.8, 4) is 11.1 Å². The molecule has 3 aromatic rings. The third kappa shape index (κ3) is 4.56. The molecule has 0 atom stereocenters. The number of fused-ring (bicyclic) bond motifs is 1. The molecule has 0 heterocycles. The summed E-state index contributed by atoms with van der Waals surface area (Å²) in [6.45, 7) is 3.95. The van der Waals surface area contributed by atoms with Crippen molar-refractivity contribution in [1.29, 1.82) is 0 Å². The zero-order chi connectivity index (χ0) is 19.9. The normalized spacial score (nSPS) is 11.9. The van der Waals surface area contributed by atoms with Crippen molar-refractivity contribution in [2.75, 3.05) is 0 Å². The molecule has 0 saturated carbocycles. The van der Waals surface area contributed by atoms with E-state index in [0.717, 1.165) is 29.4 Å². The van der Waals surface area contributed by atoms with Gasteiger partial charge in [-0.15, -0.1) is 0 Å². The first-order valence-corrected chi connectivity index (χ1v) is 9.86. The molecule has 0 aliphatic carbocycles. The molecule has 0 nitrogen and oxygen atoms in total. The van der Waals surface area contributed by atoms with Crippen LogP contribution in [0.2, 0.25) is 0 Å². The van der Waals surface area contributed by atoms with Crippen LogP contribution < -0.4 is 0 Å². The van der Waals surface area contributed by atoms with E-state index in [-0.39, 0.29) is 0 Å². The van der Waals surface area contributed by atoms with E-state index in [1.165, 1.54) is 5.56 Å². The number of allylic oxidation sites excluding steroid dienone is 4. The molecule has 0 radical (unpaired) electrons. The molecule has 0 amide bonds. The predicted molar refractivity (Wildman–Crippen MR) is 116 cm³/mol. The summed E-state index contributed by atoms with van der Waals surface area (Å²) in [6, 6.07) is 15.7. The first-order chi connectivity index (χ1) is 13.6. The first kappa shape index (κ1) is 20.0. The monoisotopic (exact) mass is 376 g/mol. The summed E-state index contributed by atoms with van der Waals surface area (Å²) in [7, 11) is 0. The van der Waals surface area contributed by atoms with Gasteiger partial charge in [0.2, 0.25) is 0 Å². The van der Waals surface area contributed by atoms with Crippen LogP contribution in [0.25, 0.3) is 21.9 Å². The smallest absolute Gasteiger partial charge is 0.166 e. The Morgan fingerprint density at radius 3 is 2.04 bits per heavy atom. The third-order valence-electron chi connectivity index (χ3n) is 5.03. The standard InChI is InChI=1S/C26H26F2/c1-3-5-7-9-19-11-13-20(14-12-19)21-15-16-22-17-23(10-8-6-4-2)25(27)26(28)24(22)18-21/h3-6,11-18H,7-10H2,1-2H3/b5-3+,6-4+. The van der Waals surface area contributed by atoms with Crippen molar-refractivity contribution in [2.24, 2.45) is 0 Å². The molecule has 0 unspecified atom stereocenters. The van der Waals surface area contributed by atoms with Crippen LogP contribution in [0, 0.1) is 11.6 Å². The Morgan fingerprint density at radius 2 is 1.36 bits per heavy atom. The van der Waals surface area contributed by atoms with Gasteiger partial charge in [-0.2, -0.15) is 0 Å². The number of benzene rings is 3. The maximum atomic E-state index is 14.7. The Kier molecular flexibility index (Phi) is 6.76. The van der Waals surface area contributed by atoms with E-state index >= 15 is 0 Å². The highest BCUT2D eigenvalue weighted by Gasteiger charge is 2.14. The number of hydrogen-bond donors (Lipinski definition) is 0. The molecule has 0 bridgehead atoms. The van der Waals surface area contributed by atoms with Gasteiger partial charge in [0.1, 0.15) is 0 Å². The zero-order valence-electron chi connectivity index (χ0n) is 16.5. The van der Waals surface area contributed by atoms with Crippen molar-refractivity contribution in [2.45, 2.75) is 39.5 Å². The van der Waals surface area contributed by atoms with Crippen molar-refractivity contribution in [3.63, 3.8) is 0 Å². The second-order valence-electron chi connectivity index (χ2n) is 7.01. The van der Waals surface area contributed by atoms with Crippen LogP contribution in [0.15, 0.2) is 72.8 Å². The lowest BCUT2D eigenvalue weighted by Gasteiger charge is -2.10. The van der Waals surface area contributed by atoms with Gasteiger partial charge in [-0.3, -0.25) is 0 Å². The largest absolute Gasteiger partial charge is 0.203 e. The fourth-order valence-electron chi connectivity index (χ4n) is 3.43. The van der Waals surface area contributed by atoms with Crippen LogP contribution in [0.1, 0.15) is 37.8 Å². The van der Waals surface area contributed by atoms with Crippen molar-refractivity contribution < 1.29 is 8.78 Å². The minimum absolute atomic E-state index is 0.335. The number of halogens is 2. The topological polar surface area (TPSA) is 0 Å². The average molecular weight is 376 g/mol. The van der Waals surface area contributed by atoms with Crippen LogP contribution in [0.4, 0.5) is 8.78 Å². The maximum Gasteiger partial charge on any atom is 0.166 e. The third-order valence-corrected chi connectivity index (χ3v) is 5.03. The predicted octanol–water partition coefficient (Wildman–Crippen LogP) is 7.80. The van der Waals surface area contributed by atoms with Crippen LogP contribution >= 0.6 is 0 Å². The lowest BCUT2D eigenvalue weighted by Crippen LogP contribution is -1.96. The van der Waals surface area contributed by atoms with Crippen LogP contribution in [-0.2, 0) is 12.8 Å². The summed E-state index contributed by atoms with van der Waals surface area (Å²) in [5.41, 5.74) is 3.60. The fourth-order valence-corrected chi connectivity index (χ4v) is 3.43. The second-order valence-corrected chi connectivity index (χ2v) is 7.01. The Hall–Kier alpha value is -2.74. The fraction of sp³-hybridized carbons (Fsp3) is 0.231. The highest BCUT2D eigenvalue weighted by atomic mass is 19.2. The minimum atomic E-state index is -0.752. The zero-order valence-corrected chi connectivity index (χ0v) is 16.5. The van der Waals surface area contributed by atoms with Gasteiger partial charge in [-0.25, -0.2) is 8.78 Å². The van der Waals surface area contributed by atoms with E-state index in [1.54, 1.807) is 12.1 Å². The Morgan fingerprint density at radius 1 is 0.714 bits per heavy atom. The summed E-state index contributed by atoms with van der Waals surface area (Å²) >= 11 is 0. The van der Waals surface area contributed by atoms with E-state index in [9.17, 15) is 8.78 Å². The van der Waals surface area contributed by atoms with E-state index in [4.69, 9.17) is 0 Å². The van der Waals surface area contributed by atoms with Gasteiger partial charge in [-0.05, 0) is 79.3 Å². The molecule has 0 spiro atoms. The lowest BCUT2D eigenvalue weighted by atomic mass is 9.97. The van der Waals surface area contributed by atoms with Gasteiger partial charge in [0.15, 0.2) is 11.6 Å². The van der Waals surface area contributed by atoms with E-state index in [2.05, 4.69) is 24.3 Å². The molecule has 144 valence electrons. The summed E-state index contributed by atoms with van der Waals surface area (Å²) in [5.74, 6) is -1.48. The molecular weight excluding hydrogens is 350 g/mol. The molecule has 0 aromatic heterocycles. The van der Waals surface area contributed by atoms with Gasteiger partial charge < -0.3 is 0 Å². The van der Waals surface area contributed by atoms with Crippen LogP contribution in [0.5, 0.6) is 0 Å². The molecule has 0 saturated heterocycles.